The molecule has 0 spiro atoms. The molecular weight excluding hydrogens is 368 g/mol. The Bertz CT molecular complexity index is 740. The van der Waals surface area contributed by atoms with E-state index in [0.717, 1.165) is 15.8 Å². The molecule has 0 atom stereocenters. The molecule has 0 fully saturated rings. The Labute approximate surface area is 151 Å². The molecule has 3 nitrogen and oxygen atoms in total. The number of halogens is 1. The van der Waals surface area contributed by atoms with Crippen molar-refractivity contribution in [3.63, 3.8) is 0 Å². The number of benzene rings is 2. The molecule has 4 heteroatoms. The summed E-state index contributed by atoms with van der Waals surface area (Å²) in [6.45, 7) is 6.41. The van der Waals surface area contributed by atoms with E-state index in [4.69, 9.17) is 9.47 Å². The van der Waals surface area contributed by atoms with Gasteiger partial charge in [-0.25, -0.2) is 4.79 Å². The van der Waals surface area contributed by atoms with Crippen LogP contribution in [-0.4, -0.2) is 13.1 Å². The number of methoxy groups -OCH3 is 1. The fourth-order valence-corrected chi connectivity index (χ4v) is 2.53. The third-order valence-electron chi connectivity index (χ3n) is 3.54. The van der Waals surface area contributed by atoms with Gasteiger partial charge < -0.3 is 9.47 Å². The van der Waals surface area contributed by atoms with Crippen LogP contribution < -0.4 is 9.47 Å². The molecule has 0 amide bonds. The van der Waals surface area contributed by atoms with Gasteiger partial charge in [0.2, 0.25) is 0 Å². The Balaban J connectivity index is 2.05. The third-order valence-corrected chi connectivity index (χ3v) is 4.16. The molecule has 0 bridgehead atoms. The molecule has 0 unspecified atom stereocenters. The van der Waals surface area contributed by atoms with Gasteiger partial charge in [0.05, 0.1) is 11.6 Å². The highest BCUT2D eigenvalue weighted by Crippen LogP contribution is 2.31. The molecule has 0 aliphatic carbocycles. The Morgan fingerprint density at radius 3 is 2.29 bits per heavy atom. The maximum absolute atomic E-state index is 12.0. The molecule has 0 aliphatic rings. The molecular formula is C20H21BrO3. The summed E-state index contributed by atoms with van der Waals surface area (Å²) < 4.78 is 11.2. The van der Waals surface area contributed by atoms with Gasteiger partial charge >= 0.3 is 5.97 Å². The van der Waals surface area contributed by atoms with Crippen LogP contribution in [0.25, 0.3) is 6.08 Å². The highest BCUT2D eigenvalue weighted by atomic mass is 79.9. The number of ether oxygens (including phenoxy) is 2. The standard InChI is InChI=1S/C20H21BrO3/c1-20(2,3)15-8-11-18(17(21)13-15)24-19(22)12-7-14-5-9-16(23-4)10-6-14/h5-13H,1-4H3. The van der Waals surface area contributed by atoms with Crippen molar-refractivity contribution in [1.82, 2.24) is 0 Å². The van der Waals surface area contributed by atoms with Crippen molar-refractivity contribution in [2.45, 2.75) is 26.2 Å². The molecule has 2 aromatic rings. The summed E-state index contributed by atoms with van der Waals surface area (Å²) in [5.41, 5.74) is 2.11. The number of esters is 1. The van der Waals surface area contributed by atoms with Crippen LogP contribution in [0.5, 0.6) is 11.5 Å². The lowest BCUT2D eigenvalue weighted by molar-refractivity contribution is -0.128. The first-order valence-corrected chi connectivity index (χ1v) is 8.43. The van der Waals surface area contributed by atoms with Crippen LogP contribution in [0.2, 0.25) is 0 Å². The molecule has 2 aromatic carbocycles. The predicted octanol–water partition coefficient (Wildman–Crippen LogP) is 5.37. The summed E-state index contributed by atoms with van der Waals surface area (Å²) in [5.74, 6) is 0.861. The second-order valence-corrected chi connectivity index (χ2v) is 7.28. The zero-order valence-electron chi connectivity index (χ0n) is 14.3. The molecule has 0 heterocycles. The Morgan fingerprint density at radius 1 is 1.08 bits per heavy atom. The number of hydrogen-bond donors (Lipinski definition) is 0. The van der Waals surface area contributed by atoms with E-state index >= 15 is 0 Å². The minimum atomic E-state index is -0.421. The van der Waals surface area contributed by atoms with Crippen molar-refractivity contribution in [3.8, 4) is 11.5 Å². The topological polar surface area (TPSA) is 35.5 Å². The second-order valence-electron chi connectivity index (χ2n) is 6.42. The van der Waals surface area contributed by atoms with Crippen molar-refractivity contribution in [1.29, 1.82) is 0 Å². The van der Waals surface area contributed by atoms with Gasteiger partial charge in [-0.1, -0.05) is 39.0 Å². The average molecular weight is 389 g/mol. The van der Waals surface area contributed by atoms with Crippen LogP contribution >= 0.6 is 15.9 Å². The first-order chi connectivity index (χ1) is 11.3. The van der Waals surface area contributed by atoms with Gasteiger partial charge in [0.25, 0.3) is 0 Å². The Morgan fingerprint density at radius 2 is 1.75 bits per heavy atom. The van der Waals surface area contributed by atoms with E-state index in [0.29, 0.717) is 5.75 Å². The van der Waals surface area contributed by atoms with Crippen LogP contribution in [0.4, 0.5) is 0 Å². The van der Waals surface area contributed by atoms with E-state index in [1.165, 1.54) is 11.6 Å². The van der Waals surface area contributed by atoms with Crippen LogP contribution in [0.1, 0.15) is 31.9 Å². The highest BCUT2D eigenvalue weighted by molar-refractivity contribution is 9.10. The lowest BCUT2D eigenvalue weighted by atomic mass is 9.87. The van der Waals surface area contributed by atoms with E-state index in [2.05, 4.69) is 36.7 Å². The van der Waals surface area contributed by atoms with Gasteiger partial charge in [0.1, 0.15) is 11.5 Å². The first-order valence-electron chi connectivity index (χ1n) is 7.63. The Hall–Kier alpha value is -2.07. The largest absolute Gasteiger partial charge is 0.497 e. The molecule has 2 rings (SSSR count). The monoisotopic (exact) mass is 388 g/mol. The van der Waals surface area contributed by atoms with Crippen LogP contribution in [0.15, 0.2) is 53.0 Å². The van der Waals surface area contributed by atoms with E-state index in [-0.39, 0.29) is 5.41 Å². The van der Waals surface area contributed by atoms with Gasteiger partial charge in [-0.05, 0) is 62.8 Å². The molecule has 0 aromatic heterocycles. The van der Waals surface area contributed by atoms with Crippen molar-refractivity contribution < 1.29 is 14.3 Å². The molecule has 0 saturated carbocycles. The second kappa shape index (κ2) is 7.67. The number of hydrogen-bond acceptors (Lipinski definition) is 3. The fraction of sp³-hybridized carbons (Fsp3) is 0.250. The maximum Gasteiger partial charge on any atom is 0.336 e. The predicted molar refractivity (Wildman–Crippen MR) is 101 cm³/mol. The van der Waals surface area contributed by atoms with Gasteiger partial charge in [-0.15, -0.1) is 0 Å². The van der Waals surface area contributed by atoms with Crippen LogP contribution in [-0.2, 0) is 10.2 Å². The number of carbonyl (C=O) groups is 1. The summed E-state index contributed by atoms with van der Waals surface area (Å²) in [6.07, 6.45) is 3.12. The number of carbonyl (C=O) groups excluding carboxylic acids is 1. The van der Waals surface area contributed by atoms with Gasteiger partial charge in [-0.2, -0.15) is 0 Å². The smallest absolute Gasteiger partial charge is 0.336 e. The SMILES string of the molecule is COc1ccc(C=CC(=O)Oc2ccc(C(C)(C)C)cc2Br)cc1. The van der Waals surface area contributed by atoms with Crippen molar-refractivity contribution >= 4 is 28.0 Å². The van der Waals surface area contributed by atoms with Crippen LogP contribution in [0, 0.1) is 0 Å². The summed E-state index contributed by atoms with van der Waals surface area (Å²) in [4.78, 5) is 12.0. The highest BCUT2D eigenvalue weighted by Gasteiger charge is 2.15. The van der Waals surface area contributed by atoms with Crippen LogP contribution in [0.3, 0.4) is 0 Å². The van der Waals surface area contributed by atoms with E-state index in [1.54, 1.807) is 13.2 Å². The molecule has 0 N–H and O–H groups in total. The molecule has 0 saturated heterocycles. The summed E-state index contributed by atoms with van der Waals surface area (Å²) in [5, 5.41) is 0. The van der Waals surface area contributed by atoms with E-state index in [1.807, 2.05) is 42.5 Å². The average Bonchev–Trinajstić information content (AvgIpc) is 2.54. The van der Waals surface area contributed by atoms with Gasteiger partial charge in [0.15, 0.2) is 0 Å². The number of rotatable bonds is 4. The van der Waals surface area contributed by atoms with Crippen molar-refractivity contribution in [2.24, 2.45) is 0 Å². The van der Waals surface area contributed by atoms with Gasteiger partial charge in [0, 0.05) is 6.08 Å². The lowest BCUT2D eigenvalue weighted by Crippen LogP contribution is -2.11. The van der Waals surface area contributed by atoms with E-state index in [9.17, 15) is 4.79 Å². The summed E-state index contributed by atoms with van der Waals surface area (Å²) in [7, 11) is 1.62. The minimum absolute atomic E-state index is 0.0410. The first kappa shape index (κ1) is 18.3. The van der Waals surface area contributed by atoms with Crippen molar-refractivity contribution in [2.75, 3.05) is 7.11 Å². The normalized spacial score (nSPS) is 11.5. The zero-order valence-corrected chi connectivity index (χ0v) is 15.9. The Kier molecular flexibility index (Phi) is 5.84. The fourth-order valence-electron chi connectivity index (χ4n) is 2.07. The molecule has 24 heavy (non-hydrogen) atoms. The zero-order chi connectivity index (χ0) is 17.7. The summed E-state index contributed by atoms with van der Waals surface area (Å²) >= 11 is 3.46. The third kappa shape index (κ3) is 4.96. The van der Waals surface area contributed by atoms with Crippen molar-refractivity contribution in [3.05, 3.63) is 64.1 Å². The lowest BCUT2D eigenvalue weighted by Gasteiger charge is -2.19. The minimum Gasteiger partial charge on any atom is -0.497 e. The quantitative estimate of drug-likeness (QED) is 0.401. The maximum atomic E-state index is 12.0. The molecule has 0 radical (unpaired) electrons. The molecule has 0 aliphatic heterocycles. The van der Waals surface area contributed by atoms with Gasteiger partial charge in [-0.3, -0.25) is 0 Å². The molecule has 126 valence electrons. The van der Waals surface area contributed by atoms with E-state index < -0.39 is 5.97 Å². The summed E-state index contributed by atoms with van der Waals surface area (Å²) in [6, 6.07) is 13.2.